The maximum atomic E-state index is 13.1. The molecule has 0 bridgehead atoms. The van der Waals surface area contributed by atoms with Crippen LogP contribution in [-0.4, -0.2) is 149 Å². The van der Waals surface area contributed by atoms with Crippen LogP contribution < -0.4 is 26.6 Å². The van der Waals surface area contributed by atoms with Crippen molar-refractivity contribution < 1.29 is 78.1 Å². The van der Waals surface area contributed by atoms with Crippen LogP contribution in [0.1, 0.15) is 136 Å². The van der Waals surface area contributed by atoms with Crippen molar-refractivity contribution in [3.05, 3.63) is 11.6 Å². The molecule has 1 aromatic rings. The highest BCUT2D eigenvalue weighted by Gasteiger charge is 2.32. The largest absolute Gasteiger partial charge is 0.494 e. The number of aromatic nitrogens is 1. The number of carboxylic acid groups (broad SMARTS) is 3. The highest BCUT2D eigenvalue weighted by atomic mass is 16.5. The Kier molecular flexibility index (Phi) is 28.2. The molecule has 1 fully saturated rings. The summed E-state index contributed by atoms with van der Waals surface area (Å²) in [6.45, 7) is 12.8. The molecule has 0 spiro atoms. The molecule has 2 atom stereocenters. The molecular formula is C49H82N6O16. The maximum Gasteiger partial charge on any atom is 0.326 e. The monoisotopic (exact) mass is 1010 g/mol. The third-order valence-electron chi connectivity index (χ3n) is 12.5. The molecule has 0 aromatic carbocycles. The van der Waals surface area contributed by atoms with Crippen LogP contribution in [-0.2, 0) is 65.5 Å². The fourth-order valence-corrected chi connectivity index (χ4v) is 8.09. The number of nitrogens with zero attached hydrogens (tertiary/aromatic N) is 1. The number of ether oxygens (including phenoxy) is 3. The summed E-state index contributed by atoms with van der Waals surface area (Å²) < 4.78 is 17.8. The number of hydrogen-bond acceptors (Lipinski definition) is 13. The molecule has 10 N–H and O–H groups in total. The van der Waals surface area contributed by atoms with E-state index in [4.69, 9.17) is 19.3 Å². The molecule has 404 valence electrons. The molecular weight excluding hydrogens is 929 g/mol. The van der Waals surface area contributed by atoms with Crippen LogP contribution in [0.3, 0.4) is 0 Å². The molecule has 2 rings (SSSR count). The topological polar surface area (TPSA) is 330 Å². The first-order chi connectivity index (χ1) is 33.5. The van der Waals surface area contributed by atoms with E-state index in [0.717, 1.165) is 0 Å². The lowest BCUT2D eigenvalue weighted by Gasteiger charge is -2.31. The number of hydrogen-bond donors (Lipinski definition) is 10. The SMILES string of the molecule is CCc1cc(O)n(CCC(=O)NCCCOCCOCCOCCCNC(=O)C(CCC(=O)O)NC(=O)CCC(NC(=O)C2CCC(CNC(=O)CC(C)(C)CCC(C)(C)CC(=O)O)CC2)C(=O)O)c1O. The zero-order chi connectivity index (χ0) is 53.0. The summed E-state index contributed by atoms with van der Waals surface area (Å²) in [7, 11) is 0. The van der Waals surface area contributed by atoms with E-state index in [0.29, 0.717) is 109 Å². The van der Waals surface area contributed by atoms with E-state index >= 15 is 0 Å². The highest BCUT2D eigenvalue weighted by molar-refractivity contribution is 5.89. The molecule has 0 aliphatic heterocycles. The second kappa shape index (κ2) is 32.5. The molecule has 2 unspecified atom stereocenters. The first-order valence-corrected chi connectivity index (χ1v) is 24.9. The number of nitrogens with one attached hydrogen (secondary N) is 5. The van der Waals surface area contributed by atoms with Crippen LogP contribution in [0.5, 0.6) is 11.8 Å². The smallest absolute Gasteiger partial charge is 0.326 e. The molecule has 1 aromatic heterocycles. The van der Waals surface area contributed by atoms with Gasteiger partial charge in [0.25, 0.3) is 0 Å². The number of amides is 5. The Labute approximate surface area is 417 Å². The summed E-state index contributed by atoms with van der Waals surface area (Å²) in [6.07, 6.45) is 4.46. The molecule has 22 nitrogen and oxygen atoms in total. The number of aryl methyl sites for hydroxylation is 1. The zero-order valence-corrected chi connectivity index (χ0v) is 42.4. The van der Waals surface area contributed by atoms with Crippen molar-refractivity contribution in [2.75, 3.05) is 59.3 Å². The molecule has 1 aliphatic carbocycles. The van der Waals surface area contributed by atoms with Gasteiger partial charge in [0.05, 0.1) is 32.8 Å². The summed E-state index contributed by atoms with van der Waals surface area (Å²) >= 11 is 0. The lowest BCUT2D eigenvalue weighted by atomic mass is 9.76. The normalized spacial score (nSPS) is 15.8. The van der Waals surface area contributed by atoms with Crippen molar-refractivity contribution in [2.45, 2.75) is 156 Å². The van der Waals surface area contributed by atoms with E-state index in [2.05, 4.69) is 26.6 Å². The second-order valence-electron chi connectivity index (χ2n) is 19.9. The van der Waals surface area contributed by atoms with Gasteiger partial charge in [-0.15, -0.1) is 0 Å². The fraction of sp³-hybridized carbons (Fsp3) is 0.755. The third kappa shape index (κ3) is 26.5. The predicted molar refractivity (Wildman–Crippen MR) is 259 cm³/mol. The Hall–Kier alpha value is -5.48. The van der Waals surface area contributed by atoms with Crippen molar-refractivity contribution in [1.82, 2.24) is 31.2 Å². The van der Waals surface area contributed by atoms with Gasteiger partial charge in [-0.05, 0) is 87.4 Å². The molecule has 1 aliphatic rings. The van der Waals surface area contributed by atoms with Gasteiger partial charge >= 0.3 is 17.9 Å². The maximum absolute atomic E-state index is 13.1. The Balaban J connectivity index is 1.59. The number of carboxylic acids is 3. The number of aliphatic carboxylic acids is 3. The summed E-state index contributed by atoms with van der Waals surface area (Å²) in [6, 6.07) is -1.08. The number of rotatable bonds is 38. The van der Waals surface area contributed by atoms with Gasteiger partial charge in [-0.25, -0.2) is 4.79 Å². The van der Waals surface area contributed by atoms with Crippen molar-refractivity contribution in [3.8, 4) is 11.8 Å². The molecule has 71 heavy (non-hydrogen) atoms. The molecule has 1 heterocycles. The van der Waals surface area contributed by atoms with Gasteiger partial charge < -0.3 is 66.3 Å². The molecule has 0 saturated heterocycles. The molecule has 0 radical (unpaired) electrons. The van der Waals surface area contributed by atoms with Gasteiger partial charge in [0.2, 0.25) is 29.5 Å². The number of carbonyl (C=O) groups is 8. The predicted octanol–water partition coefficient (Wildman–Crippen LogP) is 3.23. The minimum atomic E-state index is -1.37. The summed E-state index contributed by atoms with van der Waals surface area (Å²) in [5.74, 6) is -5.80. The van der Waals surface area contributed by atoms with E-state index in [1.54, 1.807) is 0 Å². The van der Waals surface area contributed by atoms with Crippen LogP contribution in [0.25, 0.3) is 0 Å². The van der Waals surface area contributed by atoms with E-state index in [-0.39, 0.29) is 98.7 Å². The first kappa shape index (κ1) is 61.6. The minimum absolute atomic E-state index is 0.0368. The Bertz CT molecular complexity index is 1860. The Morgan fingerprint density at radius 3 is 1.77 bits per heavy atom. The average Bonchev–Trinajstić information content (AvgIpc) is 3.58. The molecule has 1 saturated carbocycles. The average molecular weight is 1010 g/mol. The van der Waals surface area contributed by atoms with Gasteiger partial charge in [0.1, 0.15) is 12.1 Å². The van der Waals surface area contributed by atoms with Gasteiger partial charge in [-0.2, -0.15) is 0 Å². The highest BCUT2D eigenvalue weighted by Crippen LogP contribution is 2.35. The van der Waals surface area contributed by atoms with Gasteiger partial charge in [0.15, 0.2) is 11.8 Å². The van der Waals surface area contributed by atoms with Crippen LogP contribution >= 0.6 is 0 Å². The van der Waals surface area contributed by atoms with Crippen molar-refractivity contribution >= 4 is 47.4 Å². The van der Waals surface area contributed by atoms with Crippen molar-refractivity contribution in [2.24, 2.45) is 22.7 Å². The minimum Gasteiger partial charge on any atom is -0.494 e. The quantitative estimate of drug-likeness (QED) is 0.0425. The van der Waals surface area contributed by atoms with Crippen LogP contribution in [0.4, 0.5) is 0 Å². The standard InChI is InChI=1S/C49H82N6O16/c1-6-34-29-41(59)55(46(34)66)22-17-38(56)50-20-7-23-69-25-27-71-28-26-70-24-8-21-51-45(65)36(14-16-42(60)61)53-39(57)15-13-37(47(67)68)54-44(64)35-11-9-33(10-12-35)32-52-40(58)30-48(2,3)18-19-49(4,5)31-43(62)63/h29,33,35-37,59,66H,6-28,30-32H2,1-5H3,(H,50,56)(H,51,65)(H,52,58)(H,53,57)(H,54,64)(H,60,61)(H,62,63)(H,67,68). The van der Waals surface area contributed by atoms with Crippen molar-refractivity contribution in [3.63, 3.8) is 0 Å². The lowest BCUT2D eigenvalue weighted by molar-refractivity contribution is -0.143. The van der Waals surface area contributed by atoms with E-state index in [1.807, 2.05) is 34.6 Å². The zero-order valence-electron chi connectivity index (χ0n) is 42.4. The van der Waals surface area contributed by atoms with E-state index in [1.165, 1.54) is 10.6 Å². The van der Waals surface area contributed by atoms with Gasteiger partial charge in [0, 0.05) is 82.6 Å². The third-order valence-corrected chi connectivity index (χ3v) is 12.5. The molecule has 5 amide bonds. The second-order valence-corrected chi connectivity index (χ2v) is 19.9. The summed E-state index contributed by atoms with van der Waals surface area (Å²) in [4.78, 5) is 98.4. The van der Waals surface area contributed by atoms with E-state index in [9.17, 15) is 58.8 Å². The van der Waals surface area contributed by atoms with Gasteiger partial charge in [-0.1, -0.05) is 34.6 Å². The first-order valence-electron chi connectivity index (χ1n) is 24.9. The fourth-order valence-electron chi connectivity index (χ4n) is 8.09. The number of aromatic hydroxyl groups is 2. The van der Waals surface area contributed by atoms with Crippen LogP contribution in [0.2, 0.25) is 0 Å². The van der Waals surface area contributed by atoms with Crippen LogP contribution in [0.15, 0.2) is 6.07 Å². The molecule has 22 heteroatoms. The van der Waals surface area contributed by atoms with Crippen LogP contribution in [0, 0.1) is 22.7 Å². The lowest BCUT2D eigenvalue weighted by Crippen LogP contribution is -2.48. The summed E-state index contributed by atoms with van der Waals surface area (Å²) in [5.41, 5.74) is -0.0819. The Morgan fingerprint density at radius 1 is 0.662 bits per heavy atom. The van der Waals surface area contributed by atoms with E-state index < -0.39 is 60.1 Å². The van der Waals surface area contributed by atoms with Crippen molar-refractivity contribution in [1.29, 1.82) is 0 Å². The number of carbonyl (C=O) groups excluding carboxylic acids is 5. The Morgan fingerprint density at radius 2 is 1.23 bits per heavy atom. The van der Waals surface area contributed by atoms with Gasteiger partial charge in [-0.3, -0.25) is 38.1 Å². The summed E-state index contributed by atoms with van der Waals surface area (Å²) in [5, 5.41) is 61.7.